The molecule has 0 aliphatic carbocycles. The fourth-order valence-electron chi connectivity index (χ4n) is 2.03. The molecule has 1 heterocycles. The van der Waals surface area contributed by atoms with Crippen molar-refractivity contribution in [3.8, 4) is 5.75 Å². The first kappa shape index (κ1) is 15.3. The van der Waals surface area contributed by atoms with Crippen molar-refractivity contribution in [2.45, 2.75) is 25.5 Å². The summed E-state index contributed by atoms with van der Waals surface area (Å²) in [6, 6.07) is 6.90. The number of carbonyl (C=O) groups excluding carboxylic acids is 1. The Hall–Kier alpha value is -1.08. The topological polar surface area (TPSA) is 72.5 Å². The summed E-state index contributed by atoms with van der Waals surface area (Å²) in [7, 11) is -2.99. The van der Waals surface area contributed by atoms with Crippen molar-refractivity contribution in [2.75, 3.05) is 11.5 Å². The Kier molecular flexibility index (Phi) is 4.70. The summed E-state index contributed by atoms with van der Waals surface area (Å²) in [5.41, 5.74) is 0. The van der Waals surface area contributed by atoms with Gasteiger partial charge in [0.25, 0.3) is 5.91 Å². The molecule has 0 saturated carbocycles. The van der Waals surface area contributed by atoms with E-state index < -0.39 is 15.9 Å². The molecule has 1 aromatic rings. The van der Waals surface area contributed by atoms with Crippen molar-refractivity contribution in [3.63, 3.8) is 0 Å². The third kappa shape index (κ3) is 4.21. The maximum absolute atomic E-state index is 12.0. The molecule has 1 aromatic carbocycles. The van der Waals surface area contributed by atoms with E-state index in [2.05, 4.69) is 21.2 Å². The van der Waals surface area contributed by atoms with Crippen LogP contribution in [0.1, 0.15) is 13.3 Å². The molecule has 0 radical (unpaired) electrons. The van der Waals surface area contributed by atoms with Crippen LogP contribution in [-0.2, 0) is 14.6 Å². The molecule has 1 N–H and O–H groups in total. The Morgan fingerprint density at radius 3 is 2.85 bits per heavy atom. The lowest BCUT2D eigenvalue weighted by atomic mass is 10.2. The molecule has 1 saturated heterocycles. The zero-order valence-corrected chi connectivity index (χ0v) is 13.4. The quantitative estimate of drug-likeness (QED) is 0.882. The van der Waals surface area contributed by atoms with Crippen LogP contribution in [0.3, 0.4) is 0 Å². The second-order valence-electron chi connectivity index (χ2n) is 4.83. The molecule has 110 valence electrons. The fourth-order valence-corrected chi connectivity index (χ4v) is 4.08. The van der Waals surface area contributed by atoms with Gasteiger partial charge in [-0.05, 0) is 31.5 Å². The molecular formula is C13H16BrNO4S. The van der Waals surface area contributed by atoms with Gasteiger partial charge in [0, 0.05) is 10.5 Å². The van der Waals surface area contributed by atoms with Crippen molar-refractivity contribution >= 4 is 31.7 Å². The van der Waals surface area contributed by atoms with Crippen LogP contribution >= 0.6 is 15.9 Å². The molecule has 0 spiro atoms. The molecule has 1 aliphatic rings. The average molecular weight is 362 g/mol. The van der Waals surface area contributed by atoms with E-state index in [0.717, 1.165) is 4.47 Å². The van der Waals surface area contributed by atoms with Crippen LogP contribution in [0.4, 0.5) is 0 Å². The summed E-state index contributed by atoms with van der Waals surface area (Å²) >= 11 is 3.33. The second-order valence-corrected chi connectivity index (χ2v) is 7.97. The van der Waals surface area contributed by atoms with Crippen LogP contribution in [0.2, 0.25) is 0 Å². The highest BCUT2D eigenvalue weighted by molar-refractivity contribution is 9.10. The Morgan fingerprint density at radius 1 is 1.50 bits per heavy atom. The summed E-state index contributed by atoms with van der Waals surface area (Å²) in [4.78, 5) is 12.0. The Balaban J connectivity index is 1.89. The van der Waals surface area contributed by atoms with E-state index in [1.807, 2.05) is 12.1 Å². The normalized spacial score (nSPS) is 22.2. The second kappa shape index (κ2) is 6.13. The first-order valence-corrected chi connectivity index (χ1v) is 8.90. The Morgan fingerprint density at radius 2 is 2.25 bits per heavy atom. The first-order chi connectivity index (χ1) is 9.35. The van der Waals surface area contributed by atoms with Crippen LogP contribution in [0.15, 0.2) is 28.7 Å². The fraction of sp³-hybridized carbons (Fsp3) is 0.462. The summed E-state index contributed by atoms with van der Waals surface area (Å²) in [6.45, 7) is 1.64. The highest BCUT2D eigenvalue weighted by Crippen LogP contribution is 2.19. The van der Waals surface area contributed by atoms with Gasteiger partial charge in [-0.15, -0.1) is 0 Å². The van der Waals surface area contributed by atoms with Crippen LogP contribution in [0, 0.1) is 0 Å². The van der Waals surface area contributed by atoms with Gasteiger partial charge in [-0.25, -0.2) is 8.42 Å². The predicted molar refractivity (Wildman–Crippen MR) is 79.4 cm³/mol. The lowest BCUT2D eigenvalue weighted by Gasteiger charge is -2.17. The number of nitrogens with one attached hydrogen (secondary N) is 1. The minimum atomic E-state index is -2.99. The molecule has 1 amide bonds. The van der Waals surface area contributed by atoms with Gasteiger partial charge >= 0.3 is 0 Å². The lowest BCUT2D eigenvalue weighted by Crippen LogP contribution is -2.43. The highest BCUT2D eigenvalue weighted by atomic mass is 79.9. The molecule has 7 heteroatoms. The van der Waals surface area contributed by atoms with Gasteiger partial charge in [-0.2, -0.15) is 0 Å². The van der Waals surface area contributed by atoms with Gasteiger partial charge in [-0.3, -0.25) is 4.79 Å². The maximum atomic E-state index is 12.0. The molecule has 2 atom stereocenters. The summed E-state index contributed by atoms with van der Waals surface area (Å²) in [5.74, 6) is 0.439. The molecule has 2 rings (SSSR count). The van der Waals surface area contributed by atoms with Gasteiger partial charge in [0.05, 0.1) is 11.5 Å². The monoisotopic (exact) mass is 361 g/mol. The van der Waals surface area contributed by atoms with E-state index in [1.54, 1.807) is 19.1 Å². The number of amides is 1. The van der Waals surface area contributed by atoms with E-state index in [1.165, 1.54) is 0 Å². The van der Waals surface area contributed by atoms with E-state index in [9.17, 15) is 13.2 Å². The molecule has 0 aromatic heterocycles. The number of halogens is 1. The predicted octanol–water partition coefficient (Wildman–Crippen LogP) is 1.52. The zero-order valence-electron chi connectivity index (χ0n) is 11.0. The summed E-state index contributed by atoms with van der Waals surface area (Å²) in [5, 5.41) is 2.71. The minimum absolute atomic E-state index is 0.0162. The first-order valence-electron chi connectivity index (χ1n) is 6.29. The van der Waals surface area contributed by atoms with Crippen molar-refractivity contribution in [2.24, 2.45) is 0 Å². The average Bonchev–Trinajstić information content (AvgIpc) is 2.68. The van der Waals surface area contributed by atoms with Crippen LogP contribution in [-0.4, -0.2) is 38.0 Å². The highest BCUT2D eigenvalue weighted by Gasteiger charge is 2.30. The number of sulfone groups is 1. The lowest BCUT2D eigenvalue weighted by molar-refractivity contribution is -0.127. The summed E-state index contributed by atoms with van der Waals surface area (Å²) < 4.78 is 29.1. The van der Waals surface area contributed by atoms with Gasteiger partial charge in [0.1, 0.15) is 5.75 Å². The van der Waals surface area contributed by atoms with E-state index in [0.29, 0.717) is 12.2 Å². The van der Waals surface area contributed by atoms with Crippen molar-refractivity contribution in [3.05, 3.63) is 28.7 Å². The Labute approximate surface area is 126 Å². The number of ether oxygens (including phenoxy) is 1. The van der Waals surface area contributed by atoms with Gasteiger partial charge in [0.15, 0.2) is 15.9 Å². The van der Waals surface area contributed by atoms with Crippen molar-refractivity contribution in [1.29, 1.82) is 0 Å². The largest absolute Gasteiger partial charge is 0.481 e. The minimum Gasteiger partial charge on any atom is -0.481 e. The number of benzene rings is 1. The van der Waals surface area contributed by atoms with Gasteiger partial charge in [-0.1, -0.05) is 22.0 Å². The van der Waals surface area contributed by atoms with E-state index >= 15 is 0 Å². The van der Waals surface area contributed by atoms with Crippen LogP contribution in [0.5, 0.6) is 5.75 Å². The third-order valence-corrected chi connectivity index (χ3v) is 5.32. The molecule has 2 unspecified atom stereocenters. The van der Waals surface area contributed by atoms with Crippen LogP contribution < -0.4 is 10.1 Å². The molecule has 1 aliphatic heterocycles. The smallest absolute Gasteiger partial charge is 0.261 e. The standard InChI is InChI=1S/C13H16BrNO4S/c1-9(19-12-4-2-3-10(14)7-12)13(16)15-11-5-6-20(17,18)8-11/h2-4,7,9,11H,5-6,8H2,1H3,(H,15,16). The van der Waals surface area contributed by atoms with Gasteiger partial charge < -0.3 is 10.1 Å². The van der Waals surface area contributed by atoms with E-state index in [-0.39, 0.29) is 23.5 Å². The molecule has 0 bridgehead atoms. The molecular weight excluding hydrogens is 346 g/mol. The van der Waals surface area contributed by atoms with Crippen molar-refractivity contribution < 1.29 is 17.9 Å². The zero-order chi connectivity index (χ0) is 14.8. The molecule has 1 fully saturated rings. The SMILES string of the molecule is CC(Oc1cccc(Br)c1)C(=O)NC1CCS(=O)(=O)C1. The van der Waals surface area contributed by atoms with Crippen LogP contribution in [0.25, 0.3) is 0 Å². The molecule has 5 nitrogen and oxygen atoms in total. The maximum Gasteiger partial charge on any atom is 0.261 e. The Bertz CT molecular complexity index is 602. The number of rotatable bonds is 4. The van der Waals surface area contributed by atoms with E-state index in [4.69, 9.17) is 4.74 Å². The number of hydrogen-bond donors (Lipinski definition) is 1. The van der Waals surface area contributed by atoms with Crippen molar-refractivity contribution in [1.82, 2.24) is 5.32 Å². The summed E-state index contributed by atoms with van der Waals surface area (Å²) in [6.07, 6.45) is -0.204. The molecule has 20 heavy (non-hydrogen) atoms. The van der Waals surface area contributed by atoms with Gasteiger partial charge in [0.2, 0.25) is 0 Å². The third-order valence-electron chi connectivity index (χ3n) is 3.06. The number of carbonyl (C=O) groups is 1. The number of hydrogen-bond acceptors (Lipinski definition) is 4.